The summed E-state index contributed by atoms with van der Waals surface area (Å²) in [6.45, 7) is 4.96. The molecule has 20 heavy (non-hydrogen) atoms. The fourth-order valence-electron chi connectivity index (χ4n) is 2.61. The lowest BCUT2D eigenvalue weighted by Crippen LogP contribution is -2.33. The molecular formula is C14H19Br2NO2S. The lowest BCUT2D eigenvalue weighted by Gasteiger charge is -2.26. The lowest BCUT2D eigenvalue weighted by molar-refractivity contribution is 0.00945. The van der Waals surface area contributed by atoms with Gasteiger partial charge in [-0.25, -0.2) is 0 Å². The predicted molar refractivity (Wildman–Crippen MR) is 89.0 cm³/mol. The number of hydrogen-bond acceptors (Lipinski definition) is 3. The molecule has 0 fully saturated rings. The third-order valence-electron chi connectivity index (χ3n) is 3.88. The van der Waals surface area contributed by atoms with E-state index in [9.17, 15) is 9.90 Å². The van der Waals surface area contributed by atoms with Crippen LogP contribution in [0.3, 0.4) is 0 Å². The molecule has 1 aromatic heterocycles. The Kier molecular flexibility index (Phi) is 5.68. The fraction of sp³-hybridized carbons (Fsp3) is 0.643. The molecule has 2 unspecified atom stereocenters. The zero-order valence-corrected chi connectivity index (χ0v) is 15.6. The third kappa shape index (κ3) is 2.98. The average molecular weight is 425 g/mol. The number of fused-ring (bicyclic) bond motifs is 1. The molecule has 0 aromatic carbocycles. The van der Waals surface area contributed by atoms with Gasteiger partial charge in [0.25, 0.3) is 5.91 Å². The summed E-state index contributed by atoms with van der Waals surface area (Å²) in [6, 6.07) is 0. The number of carbonyl (C=O) groups is 1. The molecule has 2 rings (SSSR count). The summed E-state index contributed by atoms with van der Waals surface area (Å²) in [7, 11) is 0. The predicted octanol–water partition coefficient (Wildman–Crippen LogP) is 4.94. The molecule has 1 aliphatic rings. The highest BCUT2D eigenvalue weighted by molar-refractivity contribution is 9.12. The van der Waals surface area contributed by atoms with E-state index in [4.69, 9.17) is 0 Å². The van der Waals surface area contributed by atoms with Gasteiger partial charge in [0.1, 0.15) is 0 Å². The van der Waals surface area contributed by atoms with Crippen LogP contribution in [-0.4, -0.2) is 22.5 Å². The molecule has 2 atom stereocenters. The van der Waals surface area contributed by atoms with E-state index in [1.807, 2.05) is 0 Å². The van der Waals surface area contributed by atoms with Crippen LogP contribution in [0, 0.1) is 5.92 Å². The van der Waals surface area contributed by atoms with Crippen molar-refractivity contribution in [3.05, 3.63) is 18.7 Å². The summed E-state index contributed by atoms with van der Waals surface area (Å²) in [4.78, 5) is 14.1. The minimum Gasteiger partial charge on any atom is -0.369 e. The molecule has 1 aromatic rings. The van der Waals surface area contributed by atoms with Crippen molar-refractivity contribution in [2.45, 2.75) is 45.8 Å². The van der Waals surface area contributed by atoms with Crippen LogP contribution in [0.1, 0.15) is 61.7 Å². The molecule has 3 nitrogen and oxygen atoms in total. The SMILES string of the molecule is CCCCC(CC)CN1C(=O)c2c(Br)sc(Br)c2C1O. The van der Waals surface area contributed by atoms with E-state index < -0.39 is 6.23 Å². The van der Waals surface area contributed by atoms with E-state index in [2.05, 4.69) is 45.7 Å². The quantitative estimate of drug-likeness (QED) is 0.702. The number of carbonyl (C=O) groups excluding carboxylic acids is 1. The van der Waals surface area contributed by atoms with Crippen LogP contribution in [0.5, 0.6) is 0 Å². The summed E-state index contributed by atoms with van der Waals surface area (Å²) in [5, 5.41) is 10.4. The highest BCUT2D eigenvalue weighted by Crippen LogP contribution is 2.46. The van der Waals surface area contributed by atoms with Crippen molar-refractivity contribution in [2.24, 2.45) is 5.92 Å². The normalized spacial score (nSPS) is 19.6. The van der Waals surface area contributed by atoms with Crippen LogP contribution in [0.2, 0.25) is 0 Å². The summed E-state index contributed by atoms with van der Waals surface area (Å²) >= 11 is 8.30. The first kappa shape index (κ1) is 16.5. The average Bonchev–Trinajstić information content (AvgIpc) is 2.84. The fourth-order valence-corrected chi connectivity index (χ4v) is 5.79. The molecule has 2 heterocycles. The maximum absolute atomic E-state index is 12.5. The summed E-state index contributed by atoms with van der Waals surface area (Å²) in [5.74, 6) is 0.398. The number of aliphatic hydroxyl groups is 1. The van der Waals surface area contributed by atoms with Crippen molar-refractivity contribution in [3.8, 4) is 0 Å². The molecule has 0 saturated heterocycles. The summed E-state index contributed by atoms with van der Waals surface area (Å²) in [5.41, 5.74) is 1.34. The topological polar surface area (TPSA) is 40.5 Å². The van der Waals surface area contributed by atoms with Crippen molar-refractivity contribution in [2.75, 3.05) is 6.54 Å². The Morgan fingerprint density at radius 1 is 1.35 bits per heavy atom. The molecule has 1 aliphatic heterocycles. The number of nitrogens with zero attached hydrogens (tertiary/aromatic N) is 1. The van der Waals surface area contributed by atoms with Gasteiger partial charge >= 0.3 is 0 Å². The maximum atomic E-state index is 12.5. The Hall–Kier alpha value is 0.0900. The van der Waals surface area contributed by atoms with Crippen LogP contribution in [0.15, 0.2) is 7.57 Å². The van der Waals surface area contributed by atoms with Crippen molar-refractivity contribution < 1.29 is 9.90 Å². The van der Waals surface area contributed by atoms with Crippen molar-refractivity contribution in [1.82, 2.24) is 4.90 Å². The highest BCUT2D eigenvalue weighted by atomic mass is 79.9. The largest absolute Gasteiger partial charge is 0.369 e. The molecule has 0 saturated carbocycles. The number of hydrogen-bond donors (Lipinski definition) is 1. The molecule has 0 aliphatic carbocycles. The Bertz CT molecular complexity index is 504. The van der Waals surface area contributed by atoms with E-state index in [-0.39, 0.29) is 5.91 Å². The second-order valence-corrected chi connectivity index (χ2v) is 8.84. The second kappa shape index (κ2) is 6.90. The van der Waals surface area contributed by atoms with Gasteiger partial charge in [0, 0.05) is 12.1 Å². The van der Waals surface area contributed by atoms with Crippen LogP contribution < -0.4 is 0 Å². The first-order valence-electron chi connectivity index (χ1n) is 6.97. The van der Waals surface area contributed by atoms with Crippen LogP contribution in [0.25, 0.3) is 0 Å². The number of aliphatic hydroxyl groups excluding tert-OH is 1. The minimum atomic E-state index is -0.815. The number of thiophene rings is 1. The van der Waals surface area contributed by atoms with E-state index in [0.29, 0.717) is 18.0 Å². The number of halogens is 2. The van der Waals surface area contributed by atoms with Gasteiger partial charge in [-0.3, -0.25) is 4.79 Å². The van der Waals surface area contributed by atoms with Gasteiger partial charge in [-0.1, -0.05) is 33.1 Å². The zero-order chi connectivity index (χ0) is 14.9. The summed E-state index contributed by atoms with van der Waals surface area (Å²) in [6.07, 6.45) is 3.66. The third-order valence-corrected chi connectivity index (χ3v) is 6.46. The molecule has 0 bridgehead atoms. The van der Waals surface area contributed by atoms with Crippen LogP contribution >= 0.6 is 43.2 Å². The first-order valence-corrected chi connectivity index (χ1v) is 9.38. The van der Waals surface area contributed by atoms with E-state index in [1.165, 1.54) is 17.8 Å². The van der Waals surface area contributed by atoms with Gasteiger partial charge in [-0.15, -0.1) is 11.3 Å². The van der Waals surface area contributed by atoms with Gasteiger partial charge in [-0.05, 0) is 44.2 Å². The van der Waals surface area contributed by atoms with Gasteiger partial charge in [0.15, 0.2) is 6.23 Å². The Balaban J connectivity index is 2.15. The zero-order valence-electron chi connectivity index (χ0n) is 11.7. The molecule has 112 valence electrons. The van der Waals surface area contributed by atoms with Gasteiger partial charge in [0.05, 0.1) is 13.1 Å². The smallest absolute Gasteiger partial charge is 0.258 e. The van der Waals surface area contributed by atoms with Gasteiger partial charge < -0.3 is 10.0 Å². The maximum Gasteiger partial charge on any atom is 0.258 e. The lowest BCUT2D eigenvalue weighted by atomic mass is 9.99. The standard InChI is InChI=1S/C14H19Br2NO2S/c1-3-5-6-8(4-2)7-17-13(18)9-10(14(17)19)12(16)20-11(9)15/h8,13,18H,3-7H2,1-2H3. The Morgan fingerprint density at radius 2 is 2.05 bits per heavy atom. The van der Waals surface area contributed by atoms with Gasteiger partial charge in [-0.2, -0.15) is 0 Å². The second-order valence-electron chi connectivity index (χ2n) is 5.19. The van der Waals surface area contributed by atoms with Crippen LogP contribution in [-0.2, 0) is 0 Å². The van der Waals surface area contributed by atoms with Crippen LogP contribution in [0.4, 0.5) is 0 Å². The molecular weight excluding hydrogens is 406 g/mol. The molecule has 1 N–H and O–H groups in total. The minimum absolute atomic E-state index is 0.0590. The number of unbranched alkanes of at least 4 members (excludes halogenated alkanes) is 1. The Labute approximate surface area is 140 Å². The number of rotatable bonds is 6. The van der Waals surface area contributed by atoms with Crippen molar-refractivity contribution in [1.29, 1.82) is 0 Å². The Morgan fingerprint density at radius 3 is 2.60 bits per heavy atom. The molecule has 0 radical (unpaired) electrons. The highest BCUT2D eigenvalue weighted by Gasteiger charge is 2.41. The van der Waals surface area contributed by atoms with Crippen molar-refractivity contribution in [3.63, 3.8) is 0 Å². The van der Waals surface area contributed by atoms with E-state index >= 15 is 0 Å². The van der Waals surface area contributed by atoms with Crippen molar-refractivity contribution >= 4 is 49.1 Å². The number of amides is 1. The monoisotopic (exact) mass is 423 g/mol. The summed E-state index contributed by atoms with van der Waals surface area (Å²) < 4.78 is 1.64. The van der Waals surface area contributed by atoms with Gasteiger partial charge in [0.2, 0.25) is 0 Å². The molecule has 6 heteroatoms. The molecule has 1 amide bonds. The van der Waals surface area contributed by atoms with E-state index in [0.717, 1.165) is 32.4 Å². The van der Waals surface area contributed by atoms with E-state index in [1.54, 1.807) is 4.90 Å². The molecule has 0 spiro atoms. The first-order chi connectivity index (χ1) is 9.51.